The molecule has 0 atom stereocenters. The highest BCUT2D eigenvalue weighted by molar-refractivity contribution is 6.30. The summed E-state index contributed by atoms with van der Waals surface area (Å²) in [6.45, 7) is 2.60. The van der Waals surface area contributed by atoms with Crippen molar-refractivity contribution >= 4 is 29.4 Å². The van der Waals surface area contributed by atoms with Crippen molar-refractivity contribution in [1.29, 1.82) is 0 Å². The summed E-state index contributed by atoms with van der Waals surface area (Å²) in [7, 11) is 0. The van der Waals surface area contributed by atoms with Gasteiger partial charge in [0, 0.05) is 16.3 Å². The van der Waals surface area contributed by atoms with E-state index in [4.69, 9.17) is 16.3 Å². The Morgan fingerprint density at radius 1 is 1.22 bits per heavy atom. The Hall–Kier alpha value is -2.53. The van der Waals surface area contributed by atoms with Gasteiger partial charge in [-0.25, -0.2) is 5.43 Å². The molecule has 1 amide bonds. The summed E-state index contributed by atoms with van der Waals surface area (Å²) >= 11 is 5.80. The molecule has 0 saturated carbocycles. The molecule has 0 aliphatic rings. The van der Waals surface area contributed by atoms with Crippen molar-refractivity contribution in [2.24, 2.45) is 5.10 Å². The van der Waals surface area contributed by atoms with Gasteiger partial charge >= 0.3 is 0 Å². The first-order valence-electron chi connectivity index (χ1n) is 7.22. The molecule has 2 rings (SSSR count). The number of carbonyl (C=O) groups excluding carboxylic acids is 1. The number of amides is 1. The third-order valence-corrected chi connectivity index (χ3v) is 3.16. The lowest BCUT2D eigenvalue weighted by Gasteiger charge is -2.06. The number of halogens is 1. The molecular weight excluding hydrogens is 314 g/mol. The second kappa shape index (κ2) is 8.80. The molecule has 0 spiro atoms. The normalized spacial score (nSPS) is 10.5. The number of hydrazone groups is 1. The van der Waals surface area contributed by atoms with Gasteiger partial charge in [-0.3, -0.25) is 4.79 Å². The lowest BCUT2D eigenvalue weighted by Crippen LogP contribution is -2.25. The van der Waals surface area contributed by atoms with Crippen molar-refractivity contribution in [2.45, 2.75) is 6.92 Å². The van der Waals surface area contributed by atoms with E-state index >= 15 is 0 Å². The van der Waals surface area contributed by atoms with E-state index in [1.807, 2.05) is 31.2 Å². The molecule has 0 unspecified atom stereocenters. The highest BCUT2D eigenvalue weighted by Crippen LogP contribution is 2.15. The zero-order chi connectivity index (χ0) is 16.5. The summed E-state index contributed by atoms with van der Waals surface area (Å²) in [6.07, 6.45) is 1.56. The molecule has 23 heavy (non-hydrogen) atoms. The maximum atomic E-state index is 11.7. The quantitative estimate of drug-likeness (QED) is 0.604. The van der Waals surface area contributed by atoms with Crippen molar-refractivity contribution < 1.29 is 9.53 Å². The summed E-state index contributed by atoms with van der Waals surface area (Å²) < 4.78 is 5.48. The van der Waals surface area contributed by atoms with Crippen LogP contribution in [0.3, 0.4) is 0 Å². The van der Waals surface area contributed by atoms with Gasteiger partial charge in [0.25, 0.3) is 5.91 Å². The molecule has 0 aliphatic carbocycles. The average molecular weight is 332 g/mol. The van der Waals surface area contributed by atoms with Crippen LogP contribution in [0.4, 0.5) is 5.69 Å². The van der Waals surface area contributed by atoms with Gasteiger partial charge in [-0.2, -0.15) is 5.10 Å². The highest BCUT2D eigenvalue weighted by Gasteiger charge is 2.01. The molecular formula is C17H18ClN3O2. The Morgan fingerprint density at radius 3 is 2.70 bits per heavy atom. The Labute approximate surface area is 140 Å². The molecule has 0 heterocycles. The zero-order valence-corrected chi connectivity index (χ0v) is 13.5. The lowest BCUT2D eigenvalue weighted by atomic mass is 10.2. The summed E-state index contributed by atoms with van der Waals surface area (Å²) in [6, 6.07) is 14.6. The fourth-order valence-electron chi connectivity index (χ4n) is 1.84. The van der Waals surface area contributed by atoms with Crippen molar-refractivity contribution in [3.05, 3.63) is 59.1 Å². The highest BCUT2D eigenvalue weighted by atomic mass is 35.5. The Balaban J connectivity index is 1.83. The topological polar surface area (TPSA) is 62.7 Å². The molecule has 0 fully saturated rings. The van der Waals surface area contributed by atoms with Gasteiger partial charge < -0.3 is 10.1 Å². The third-order valence-electron chi connectivity index (χ3n) is 2.91. The number of ether oxygens (including phenoxy) is 1. The molecule has 0 aliphatic heterocycles. The predicted octanol–water partition coefficient (Wildman–Crippen LogP) is 3.30. The van der Waals surface area contributed by atoms with Crippen LogP contribution in [0.1, 0.15) is 12.5 Å². The van der Waals surface area contributed by atoms with Gasteiger partial charge in [-0.05, 0) is 43.3 Å². The standard InChI is InChI=1S/C17H18ClN3O2/c1-2-23-16-6-4-3-5-13(16)11-20-21-17(22)12-19-15-9-7-14(18)8-10-15/h3-11,19H,2,12H2,1H3,(H,21,22)/b20-11-. The zero-order valence-electron chi connectivity index (χ0n) is 12.8. The second-order valence-corrected chi connectivity index (χ2v) is 5.06. The monoisotopic (exact) mass is 331 g/mol. The first-order valence-corrected chi connectivity index (χ1v) is 7.60. The number of anilines is 1. The number of hydrogen-bond donors (Lipinski definition) is 2. The van der Waals surface area contributed by atoms with Crippen LogP contribution < -0.4 is 15.5 Å². The summed E-state index contributed by atoms with van der Waals surface area (Å²) in [5, 5.41) is 7.58. The van der Waals surface area contributed by atoms with E-state index in [1.54, 1.807) is 30.5 Å². The average Bonchev–Trinajstić information content (AvgIpc) is 2.56. The first kappa shape index (κ1) is 16.8. The van der Waals surface area contributed by atoms with Crippen molar-refractivity contribution in [3.8, 4) is 5.75 Å². The number of nitrogens with zero attached hydrogens (tertiary/aromatic N) is 1. The van der Waals surface area contributed by atoms with Gasteiger partial charge in [0.1, 0.15) is 5.75 Å². The van der Waals surface area contributed by atoms with Crippen molar-refractivity contribution in [1.82, 2.24) is 5.43 Å². The maximum Gasteiger partial charge on any atom is 0.259 e. The van der Waals surface area contributed by atoms with Crippen LogP contribution in [0.25, 0.3) is 0 Å². The minimum absolute atomic E-state index is 0.117. The Kier molecular flexibility index (Phi) is 6.44. The second-order valence-electron chi connectivity index (χ2n) is 4.62. The molecule has 2 N–H and O–H groups in total. The minimum Gasteiger partial charge on any atom is -0.493 e. The molecule has 5 nitrogen and oxygen atoms in total. The van der Waals surface area contributed by atoms with Gasteiger partial charge in [-0.1, -0.05) is 23.7 Å². The van der Waals surface area contributed by atoms with Gasteiger partial charge in [0.05, 0.1) is 19.4 Å². The lowest BCUT2D eigenvalue weighted by molar-refractivity contribution is -0.119. The van der Waals surface area contributed by atoms with Gasteiger partial charge in [-0.15, -0.1) is 0 Å². The molecule has 2 aromatic carbocycles. The Morgan fingerprint density at radius 2 is 1.96 bits per heavy atom. The Bertz CT molecular complexity index is 672. The molecule has 0 saturated heterocycles. The number of para-hydroxylation sites is 1. The smallest absolute Gasteiger partial charge is 0.259 e. The maximum absolute atomic E-state index is 11.7. The predicted molar refractivity (Wildman–Crippen MR) is 93.3 cm³/mol. The first-order chi connectivity index (χ1) is 11.2. The van der Waals surface area contributed by atoms with E-state index < -0.39 is 0 Å². The molecule has 0 radical (unpaired) electrons. The number of nitrogens with one attached hydrogen (secondary N) is 2. The van der Waals surface area contributed by atoms with E-state index in [2.05, 4.69) is 15.8 Å². The van der Waals surface area contributed by atoms with Crippen molar-refractivity contribution in [2.75, 3.05) is 18.5 Å². The van der Waals surface area contributed by atoms with Crippen LogP contribution in [-0.4, -0.2) is 25.3 Å². The number of hydrogen-bond acceptors (Lipinski definition) is 4. The fraction of sp³-hybridized carbons (Fsp3) is 0.176. The van der Waals surface area contributed by atoms with E-state index in [9.17, 15) is 4.79 Å². The number of rotatable bonds is 7. The molecule has 0 bridgehead atoms. The van der Waals surface area contributed by atoms with E-state index in [0.717, 1.165) is 17.0 Å². The minimum atomic E-state index is -0.245. The summed E-state index contributed by atoms with van der Waals surface area (Å²) in [4.78, 5) is 11.7. The van der Waals surface area contributed by atoms with Crippen LogP contribution in [0.15, 0.2) is 53.6 Å². The van der Waals surface area contributed by atoms with Gasteiger partial charge in [0.15, 0.2) is 0 Å². The number of benzene rings is 2. The largest absolute Gasteiger partial charge is 0.493 e. The van der Waals surface area contributed by atoms with Crippen molar-refractivity contribution in [3.63, 3.8) is 0 Å². The van der Waals surface area contributed by atoms with Crippen LogP contribution in [-0.2, 0) is 4.79 Å². The fourth-order valence-corrected chi connectivity index (χ4v) is 1.96. The summed E-state index contributed by atoms with van der Waals surface area (Å²) in [5.74, 6) is 0.484. The molecule has 2 aromatic rings. The van der Waals surface area contributed by atoms with Crippen LogP contribution in [0.5, 0.6) is 5.75 Å². The molecule has 120 valence electrons. The van der Waals surface area contributed by atoms with Crippen LogP contribution in [0, 0.1) is 0 Å². The molecule has 0 aromatic heterocycles. The van der Waals surface area contributed by atoms with Crippen LogP contribution >= 0.6 is 11.6 Å². The van der Waals surface area contributed by atoms with Crippen LogP contribution in [0.2, 0.25) is 5.02 Å². The van der Waals surface area contributed by atoms with E-state index in [0.29, 0.717) is 11.6 Å². The van der Waals surface area contributed by atoms with Gasteiger partial charge in [0.2, 0.25) is 0 Å². The SMILES string of the molecule is CCOc1ccccc1/C=N\NC(=O)CNc1ccc(Cl)cc1. The van der Waals surface area contributed by atoms with E-state index in [-0.39, 0.29) is 12.5 Å². The summed E-state index contributed by atoms with van der Waals surface area (Å²) in [5.41, 5.74) is 4.09. The molecule has 6 heteroatoms. The number of carbonyl (C=O) groups is 1. The third kappa shape index (κ3) is 5.64. The van der Waals surface area contributed by atoms with E-state index in [1.165, 1.54) is 0 Å².